The Morgan fingerprint density at radius 2 is 1.73 bits per heavy atom. The Balaban J connectivity index is 2.60. The molecule has 2 N–H and O–H groups in total. The first kappa shape index (κ1) is 14.4. The molecule has 0 aliphatic heterocycles. The number of rotatable bonds is 2. The molecule has 0 atom stereocenters. The van der Waals surface area contributed by atoms with Crippen LogP contribution in [0, 0.1) is 0 Å². The van der Waals surface area contributed by atoms with Crippen LogP contribution in [0.1, 0.15) is 10.4 Å². The van der Waals surface area contributed by atoms with Crippen molar-refractivity contribution in [1.29, 1.82) is 0 Å². The number of hydrogen-bond acceptors (Lipinski definition) is 2. The van der Waals surface area contributed by atoms with E-state index in [9.17, 15) is 9.59 Å². The smallest absolute Gasteiger partial charge is 0.264 e. The van der Waals surface area contributed by atoms with Crippen molar-refractivity contribution in [3.8, 4) is 11.1 Å². The highest BCUT2D eigenvalue weighted by molar-refractivity contribution is 6.34. The molecule has 0 aliphatic carbocycles. The predicted octanol–water partition coefficient (Wildman–Crippen LogP) is 2.96. The zero-order valence-corrected chi connectivity index (χ0v) is 12.6. The molecule has 3 rings (SSSR count). The number of halogens is 1. The van der Waals surface area contributed by atoms with Crippen LogP contribution in [0.2, 0.25) is 5.02 Å². The third-order valence-corrected chi connectivity index (χ3v) is 4.02. The van der Waals surface area contributed by atoms with Gasteiger partial charge in [-0.05, 0) is 12.1 Å². The Labute approximate surface area is 131 Å². The van der Waals surface area contributed by atoms with Gasteiger partial charge in [-0.3, -0.25) is 9.59 Å². The summed E-state index contributed by atoms with van der Waals surface area (Å²) in [5, 5.41) is 1.22. The highest BCUT2D eigenvalue weighted by Crippen LogP contribution is 2.34. The summed E-state index contributed by atoms with van der Waals surface area (Å²) in [6.45, 7) is 0. The van der Waals surface area contributed by atoms with Gasteiger partial charge < -0.3 is 10.3 Å². The van der Waals surface area contributed by atoms with Crippen LogP contribution in [-0.4, -0.2) is 10.5 Å². The second-order valence-electron chi connectivity index (χ2n) is 4.98. The fourth-order valence-corrected chi connectivity index (χ4v) is 2.90. The summed E-state index contributed by atoms with van der Waals surface area (Å²) >= 11 is 6.27. The zero-order chi connectivity index (χ0) is 15.9. The maximum Gasteiger partial charge on any atom is 0.264 e. The number of primary amides is 1. The predicted molar refractivity (Wildman–Crippen MR) is 88.2 cm³/mol. The molecule has 110 valence electrons. The number of pyridine rings is 1. The molecule has 1 heterocycles. The highest BCUT2D eigenvalue weighted by atomic mass is 35.5. The molecule has 0 radical (unpaired) electrons. The number of para-hydroxylation sites is 1. The molecule has 5 heteroatoms. The van der Waals surface area contributed by atoms with Gasteiger partial charge in [0, 0.05) is 28.6 Å². The number of amides is 1. The van der Waals surface area contributed by atoms with Crippen molar-refractivity contribution in [3.63, 3.8) is 0 Å². The fraction of sp³-hybridized carbons (Fsp3) is 0.0588. The molecule has 2 aromatic carbocycles. The Kier molecular flexibility index (Phi) is 3.47. The Bertz CT molecular complexity index is 961. The van der Waals surface area contributed by atoms with Gasteiger partial charge in [-0.1, -0.05) is 48.0 Å². The molecule has 0 aliphatic rings. The summed E-state index contributed by atoms with van der Waals surface area (Å²) in [5.74, 6) is -0.763. The molecule has 1 amide bonds. The average molecular weight is 313 g/mol. The van der Waals surface area contributed by atoms with Crippen molar-refractivity contribution in [2.45, 2.75) is 0 Å². The molecule has 3 aromatic rings. The molecule has 1 aromatic heterocycles. The number of carbonyl (C=O) groups excluding carboxylic acids is 1. The topological polar surface area (TPSA) is 65.1 Å². The lowest BCUT2D eigenvalue weighted by molar-refractivity contribution is 0.0999. The van der Waals surface area contributed by atoms with Gasteiger partial charge in [-0.25, -0.2) is 0 Å². The number of nitrogens with two attached hydrogens (primary N) is 1. The second kappa shape index (κ2) is 5.31. The van der Waals surface area contributed by atoms with Gasteiger partial charge in [0.05, 0.1) is 5.52 Å². The van der Waals surface area contributed by atoms with Gasteiger partial charge in [0.25, 0.3) is 11.5 Å². The van der Waals surface area contributed by atoms with E-state index in [4.69, 9.17) is 17.3 Å². The lowest BCUT2D eigenvalue weighted by Crippen LogP contribution is -2.29. The van der Waals surface area contributed by atoms with Crippen molar-refractivity contribution in [2.24, 2.45) is 12.8 Å². The van der Waals surface area contributed by atoms with Crippen molar-refractivity contribution in [3.05, 3.63) is 69.5 Å². The van der Waals surface area contributed by atoms with Gasteiger partial charge in [-0.15, -0.1) is 0 Å². The summed E-state index contributed by atoms with van der Waals surface area (Å²) in [7, 11) is 1.62. The second-order valence-corrected chi connectivity index (χ2v) is 5.38. The third-order valence-electron chi connectivity index (χ3n) is 3.69. The SMILES string of the molecule is Cn1c(=O)c(C(N)=O)c(-c2ccccc2Cl)c2ccccc21. The molecule has 4 nitrogen and oxygen atoms in total. The van der Waals surface area contributed by atoms with Crippen LogP contribution in [0.5, 0.6) is 0 Å². The van der Waals surface area contributed by atoms with E-state index in [1.807, 2.05) is 24.3 Å². The van der Waals surface area contributed by atoms with E-state index < -0.39 is 11.5 Å². The van der Waals surface area contributed by atoms with Gasteiger partial charge in [0.15, 0.2) is 0 Å². The number of fused-ring (bicyclic) bond motifs is 1. The first-order chi connectivity index (χ1) is 10.5. The molecular formula is C17H13ClN2O2. The van der Waals surface area contributed by atoms with Crippen LogP contribution in [-0.2, 0) is 7.05 Å². The largest absolute Gasteiger partial charge is 0.365 e. The molecule has 0 unspecified atom stereocenters. The first-order valence-electron chi connectivity index (χ1n) is 6.69. The van der Waals surface area contributed by atoms with Crippen molar-refractivity contribution >= 4 is 28.4 Å². The van der Waals surface area contributed by atoms with Gasteiger partial charge in [0.1, 0.15) is 5.56 Å². The standard InChI is InChI=1S/C17H13ClN2O2/c1-20-13-9-5-3-7-11(13)14(15(16(19)21)17(20)22)10-6-2-4-8-12(10)18/h2-9H,1H3,(H2,19,21). The Hall–Kier alpha value is -2.59. The summed E-state index contributed by atoms with van der Waals surface area (Å²) in [5.41, 5.74) is 6.81. The van der Waals surface area contributed by atoms with Crippen LogP contribution in [0.4, 0.5) is 0 Å². The number of benzene rings is 2. The minimum atomic E-state index is -0.763. The van der Waals surface area contributed by atoms with Crippen molar-refractivity contribution in [1.82, 2.24) is 4.57 Å². The summed E-state index contributed by atoms with van der Waals surface area (Å²) in [6, 6.07) is 14.4. The van der Waals surface area contributed by atoms with Crippen molar-refractivity contribution < 1.29 is 4.79 Å². The molecule has 0 fully saturated rings. The van der Waals surface area contributed by atoms with Crippen LogP contribution < -0.4 is 11.3 Å². The van der Waals surface area contributed by atoms with E-state index in [0.29, 0.717) is 21.7 Å². The fourth-order valence-electron chi connectivity index (χ4n) is 2.67. The van der Waals surface area contributed by atoms with Crippen LogP contribution in [0.25, 0.3) is 22.0 Å². The normalized spacial score (nSPS) is 10.8. The third kappa shape index (κ3) is 2.09. The van der Waals surface area contributed by atoms with Crippen LogP contribution in [0.15, 0.2) is 53.3 Å². The summed E-state index contributed by atoms with van der Waals surface area (Å²) in [4.78, 5) is 24.4. The minimum absolute atomic E-state index is 0.0469. The monoisotopic (exact) mass is 312 g/mol. The number of carbonyl (C=O) groups is 1. The number of hydrogen-bond donors (Lipinski definition) is 1. The average Bonchev–Trinajstić information content (AvgIpc) is 2.51. The highest BCUT2D eigenvalue weighted by Gasteiger charge is 2.21. The molecular weight excluding hydrogens is 300 g/mol. The summed E-state index contributed by atoms with van der Waals surface area (Å²) in [6.07, 6.45) is 0. The number of nitrogens with zero attached hydrogens (tertiary/aromatic N) is 1. The Morgan fingerprint density at radius 1 is 1.09 bits per heavy atom. The number of aromatic nitrogens is 1. The number of aryl methyl sites for hydroxylation is 1. The van der Waals surface area contributed by atoms with Gasteiger partial charge in [0.2, 0.25) is 0 Å². The van der Waals surface area contributed by atoms with Gasteiger partial charge in [-0.2, -0.15) is 0 Å². The molecule has 0 spiro atoms. The minimum Gasteiger partial charge on any atom is -0.365 e. The molecule has 0 saturated carbocycles. The van der Waals surface area contributed by atoms with Crippen molar-refractivity contribution in [2.75, 3.05) is 0 Å². The van der Waals surface area contributed by atoms with E-state index in [1.54, 1.807) is 31.3 Å². The quantitative estimate of drug-likeness (QED) is 0.790. The van der Waals surface area contributed by atoms with E-state index in [-0.39, 0.29) is 5.56 Å². The van der Waals surface area contributed by atoms with Crippen LogP contribution >= 0.6 is 11.6 Å². The Morgan fingerprint density at radius 3 is 2.41 bits per heavy atom. The lowest BCUT2D eigenvalue weighted by atomic mass is 9.95. The lowest BCUT2D eigenvalue weighted by Gasteiger charge is -2.15. The van der Waals surface area contributed by atoms with E-state index in [0.717, 1.165) is 5.39 Å². The molecule has 0 bridgehead atoms. The maximum absolute atomic E-state index is 12.5. The van der Waals surface area contributed by atoms with Gasteiger partial charge >= 0.3 is 0 Å². The summed E-state index contributed by atoms with van der Waals surface area (Å²) < 4.78 is 1.43. The zero-order valence-electron chi connectivity index (χ0n) is 11.8. The van der Waals surface area contributed by atoms with E-state index in [2.05, 4.69) is 0 Å². The van der Waals surface area contributed by atoms with Crippen LogP contribution in [0.3, 0.4) is 0 Å². The maximum atomic E-state index is 12.5. The van der Waals surface area contributed by atoms with E-state index in [1.165, 1.54) is 4.57 Å². The van der Waals surface area contributed by atoms with E-state index >= 15 is 0 Å². The first-order valence-corrected chi connectivity index (χ1v) is 7.06. The molecule has 0 saturated heterocycles. The molecule has 22 heavy (non-hydrogen) atoms.